The number of carbonyl (C=O) groups excluding carboxylic acids is 1. The highest BCUT2D eigenvalue weighted by atomic mass is 32.2. The van der Waals surface area contributed by atoms with Crippen LogP contribution in [0.15, 0.2) is 66.1 Å². The number of amides is 1. The van der Waals surface area contributed by atoms with Crippen LogP contribution in [0.2, 0.25) is 0 Å². The number of hydrogen-bond donors (Lipinski definition) is 1. The summed E-state index contributed by atoms with van der Waals surface area (Å²) in [6.07, 6.45) is 4.41. The molecule has 0 fully saturated rings. The fourth-order valence-corrected chi connectivity index (χ4v) is 4.35. The molecule has 1 amide bonds. The van der Waals surface area contributed by atoms with Gasteiger partial charge in [-0.2, -0.15) is 0 Å². The molecular formula is C27H28N2O7S. The topological polar surface area (TPSA) is 113 Å². The minimum Gasteiger partial charge on any atom is -0.496 e. The molecule has 0 unspecified atom stereocenters. The lowest BCUT2D eigenvalue weighted by molar-refractivity contribution is -0.111. The molecule has 0 aliphatic heterocycles. The van der Waals surface area contributed by atoms with Crippen LogP contribution < -0.4 is 24.3 Å². The van der Waals surface area contributed by atoms with Crippen molar-refractivity contribution >= 4 is 33.7 Å². The first-order chi connectivity index (χ1) is 17.8. The zero-order valence-electron chi connectivity index (χ0n) is 20.9. The number of methoxy groups -OCH3 is 4. The quantitative estimate of drug-likeness (QED) is 0.368. The van der Waals surface area contributed by atoms with E-state index in [1.54, 1.807) is 24.3 Å². The van der Waals surface area contributed by atoms with E-state index in [1.807, 2.05) is 30.3 Å². The second-order valence-corrected chi connectivity index (χ2v) is 9.53. The number of sulfone groups is 1. The molecule has 0 spiro atoms. The van der Waals surface area contributed by atoms with Crippen molar-refractivity contribution in [1.29, 1.82) is 0 Å². The summed E-state index contributed by atoms with van der Waals surface area (Å²) in [6.45, 7) is 0. The number of pyridine rings is 1. The van der Waals surface area contributed by atoms with Crippen LogP contribution in [-0.2, 0) is 20.4 Å². The average molecular weight is 525 g/mol. The van der Waals surface area contributed by atoms with Crippen LogP contribution >= 0.6 is 0 Å². The Kier molecular flexibility index (Phi) is 9.28. The van der Waals surface area contributed by atoms with Crippen LogP contribution in [0, 0.1) is 0 Å². The first kappa shape index (κ1) is 27.3. The van der Waals surface area contributed by atoms with Crippen LogP contribution in [0.25, 0.3) is 12.2 Å². The lowest BCUT2D eigenvalue weighted by Crippen LogP contribution is -2.12. The smallest absolute Gasteiger partial charge is 0.249 e. The molecule has 0 atom stereocenters. The van der Waals surface area contributed by atoms with Gasteiger partial charge in [-0.3, -0.25) is 4.79 Å². The Balaban J connectivity index is 1.80. The summed E-state index contributed by atoms with van der Waals surface area (Å²) in [5.41, 5.74) is 1.52. The van der Waals surface area contributed by atoms with Crippen LogP contribution in [0.5, 0.6) is 23.0 Å². The molecule has 0 aliphatic rings. The van der Waals surface area contributed by atoms with E-state index in [0.717, 1.165) is 11.0 Å². The molecule has 1 heterocycles. The summed E-state index contributed by atoms with van der Waals surface area (Å²) in [5, 5.41) is 3.70. The molecule has 0 aliphatic carbocycles. The van der Waals surface area contributed by atoms with Crippen LogP contribution in [0.3, 0.4) is 0 Å². The third kappa shape index (κ3) is 7.58. The maximum Gasteiger partial charge on any atom is 0.249 e. The third-order valence-electron chi connectivity index (χ3n) is 5.15. The van der Waals surface area contributed by atoms with Gasteiger partial charge in [0.1, 0.15) is 17.2 Å². The predicted octanol–water partition coefficient (Wildman–Crippen LogP) is 4.35. The van der Waals surface area contributed by atoms with Crippen LogP contribution in [0.4, 0.5) is 5.82 Å². The highest BCUT2D eigenvalue weighted by molar-refractivity contribution is 7.93. The lowest BCUT2D eigenvalue weighted by Gasteiger charge is -2.12. The second kappa shape index (κ2) is 12.6. The second-order valence-electron chi connectivity index (χ2n) is 7.64. The lowest BCUT2D eigenvalue weighted by atomic mass is 10.1. The van der Waals surface area contributed by atoms with Crippen molar-refractivity contribution < 1.29 is 32.2 Å². The van der Waals surface area contributed by atoms with Gasteiger partial charge >= 0.3 is 0 Å². The van der Waals surface area contributed by atoms with E-state index in [-0.39, 0.29) is 11.5 Å². The monoisotopic (exact) mass is 524 g/mol. The number of benzene rings is 2. The Morgan fingerprint density at radius 3 is 2.11 bits per heavy atom. The predicted molar refractivity (Wildman–Crippen MR) is 143 cm³/mol. The van der Waals surface area contributed by atoms with Crippen molar-refractivity contribution in [2.24, 2.45) is 0 Å². The van der Waals surface area contributed by atoms with Gasteiger partial charge in [-0.25, -0.2) is 13.4 Å². The standard InChI is InChI=1S/C27H28N2O7S/c1-33-21-16-24(35-3)22(25(17-21)36-4)14-15-37(31,32)18-20-11-12-23(34-2)27(28-20)29-26(30)13-10-19-8-6-5-7-9-19/h5-17H,18H2,1-4H3,(H,28,29,30)/b13-10-,15-14+. The van der Waals surface area contributed by atoms with Gasteiger partial charge in [0.05, 0.1) is 45.4 Å². The minimum absolute atomic E-state index is 0.111. The van der Waals surface area contributed by atoms with Crippen molar-refractivity contribution in [3.63, 3.8) is 0 Å². The number of anilines is 1. The molecule has 1 N–H and O–H groups in total. The minimum atomic E-state index is -3.76. The number of nitrogens with zero attached hydrogens (tertiary/aromatic N) is 1. The van der Waals surface area contributed by atoms with Crippen LogP contribution in [0.1, 0.15) is 16.8 Å². The number of ether oxygens (including phenoxy) is 4. The van der Waals surface area contributed by atoms with Crippen molar-refractivity contribution in [1.82, 2.24) is 4.98 Å². The van der Waals surface area contributed by atoms with E-state index in [1.165, 1.54) is 46.7 Å². The van der Waals surface area contributed by atoms with Gasteiger partial charge in [-0.1, -0.05) is 30.3 Å². The van der Waals surface area contributed by atoms with E-state index in [0.29, 0.717) is 28.6 Å². The van der Waals surface area contributed by atoms with Gasteiger partial charge in [0.25, 0.3) is 0 Å². The van der Waals surface area contributed by atoms with Gasteiger partial charge in [0.15, 0.2) is 21.4 Å². The van der Waals surface area contributed by atoms with Gasteiger partial charge < -0.3 is 24.3 Å². The van der Waals surface area contributed by atoms with Crippen LogP contribution in [-0.4, -0.2) is 47.7 Å². The highest BCUT2D eigenvalue weighted by Crippen LogP contribution is 2.35. The summed E-state index contributed by atoms with van der Waals surface area (Å²) < 4.78 is 47.0. The molecule has 37 heavy (non-hydrogen) atoms. The van der Waals surface area contributed by atoms with Gasteiger partial charge in [0, 0.05) is 23.6 Å². The molecule has 10 heteroatoms. The Hall–Kier alpha value is -4.31. The Morgan fingerprint density at radius 2 is 1.51 bits per heavy atom. The Morgan fingerprint density at radius 1 is 0.865 bits per heavy atom. The number of carbonyl (C=O) groups is 1. The molecular weight excluding hydrogens is 496 g/mol. The molecule has 3 aromatic rings. The molecule has 0 bridgehead atoms. The van der Waals surface area contributed by atoms with Crippen molar-refractivity contribution in [3.05, 3.63) is 82.9 Å². The average Bonchev–Trinajstić information content (AvgIpc) is 2.90. The maximum absolute atomic E-state index is 12.9. The largest absolute Gasteiger partial charge is 0.496 e. The molecule has 0 saturated heterocycles. The van der Waals surface area contributed by atoms with E-state index in [9.17, 15) is 13.2 Å². The molecule has 0 radical (unpaired) electrons. The summed E-state index contributed by atoms with van der Waals surface area (Å²) in [4.78, 5) is 16.7. The highest BCUT2D eigenvalue weighted by Gasteiger charge is 2.16. The van der Waals surface area contributed by atoms with Crippen molar-refractivity contribution in [3.8, 4) is 23.0 Å². The van der Waals surface area contributed by atoms with E-state index < -0.39 is 21.5 Å². The summed E-state index contributed by atoms with van der Waals surface area (Å²) in [6, 6.07) is 15.6. The van der Waals surface area contributed by atoms with E-state index >= 15 is 0 Å². The zero-order valence-corrected chi connectivity index (χ0v) is 21.7. The normalized spacial score (nSPS) is 11.5. The Bertz CT molecular complexity index is 1380. The van der Waals surface area contributed by atoms with E-state index in [2.05, 4.69) is 10.3 Å². The molecule has 1 aromatic heterocycles. The maximum atomic E-state index is 12.9. The fraction of sp³-hybridized carbons (Fsp3) is 0.185. The zero-order chi connectivity index (χ0) is 26.8. The fourth-order valence-electron chi connectivity index (χ4n) is 3.34. The SMILES string of the molecule is COc1cc(OC)c(/C=C/S(=O)(=O)Cc2ccc(OC)c(NC(=O)/C=C\c3ccccc3)n2)c(OC)c1. The number of nitrogens with one attached hydrogen (secondary N) is 1. The van der Waals surface area contributed by atoms with Crippen molar-refractivity contribution in [2.75, 3.05) is 33.8 Å². The number of aromatic nitrogens is 1. The number of hydrogen-bond acceptors (Lipinski definition) is 8. The van der Waals surface area contributed by atoms with Crippen molar-refractivity contribution in [2.45, 2.75) is 5.75 Å². The van der Waals surface area contributed by atoms with Gasteiger partial charge in [-0.15, -0.1) is 0 Å². The third-order valence-corrected chi connectivity index (χ3v) is 6.40. The molecule has 3 rings (SSSR count). The summed E-state index contributed by atoms with van der Waals surface area (Å²) in [7, 11) is 2.10. The Labute approximate surface area is 216 Å². The summed E-state index contributed by atoms with van der Waals surface area (Å²) in [5.74, 6) is 0.846. The molecule has 9 nitrogen and oxygen atoms in total. The first-order valence-electron chi connectivity index (χ1n) is 11.1. The van der Waals surface area contributed by atoms with Gasteiger partial charge in [0.2, 0.25) is 5.91 Å². The molecule has 0 saturated carbocycles. The molecule has 194 valence electrons. The summed E-state index contributed by atoms with van der Waals surface area (Å²) >= 11 is 0. The number of rotatable bonds is 11. The van der Waals surface area contributed by atoms with Gasteiger partial charge in [-0.05, 0) is 29.8 Å². The van der Waals surface area contributed by atoms with E-state index in [4.69, 9.17) is 18.9 Å². The first-order valence-corrected chi connectivity index (χ1v) is 12.8. The molecule has 2 aromatic carbocycles.